The standard InChI is InChI=1S/C16H11Cl3FN3S/c1-2-24-16-22-21-15(11-5-3-9(17)7-12(11)18)23(16)10-4-6-14(20)13(19)8-10/h3-8H,2H2,1H3. The van der Waals surface area contributed by atoms with Crippen molar-refractivity contribution in [2.24, 2.45) is 0 Å². The van der Waals surface area contributed by atoms with Gasteiger partial charge in [-0.15, -0.1) is 10.2 Å². The van der Waals surface area contributed by atoms with Gasteiger partial charge in [0.25, 0.3) is 0 Å². The van der Waals surface area contributed by atoms with Crippen LogP contribution in [0.5, 0.6) is 0 Å². The zero-order valence-corrected chi connectivity index (χ0v) is 15.5. The summed E-state index contributed by atoms with van der Waals surface area (Å²) in [4.78, 5) is 0. The van der Waals surface area contributed by atoms with E-state index in [2.05, 4.69) is 10.2 Å². The number of rotatable bonds is 4. The van der Waals surface area contributed by atoms with E-state index >= 15 is 0 Å². The van der Waals surface area contributed by atoms with Gasteiger partial charge in [-0.1, -0.05) is 53.5 Å². The molecule has 0 N–H and O–H groups in total. The van der Waals surface area contributed by atoms with Crippen LogP contribution in [0.25, 0.3) is 17.1 Å². The molecule has 2 aromatic carbocycles. The van der Waals surface area contributed by atoms with Crippen LogP contribution in [0, 0.1) is 5.82 Å². The molecule has 8 heteroatoms. The summed E-state index contributed by atoms with van der Waals surface area (Å²) in [7, 11) is 0. The molecular weight excluding hydrogens is 392 g/mol. The zero-order chi connectivity index (χ0) is 17.3. The summed E-state index contributed by atoms with van der Waals surface area (Å²) in [5.74, 6) is 0.862. The van der Waals surface area contributed by atoms with Crippen LogP contribution >= 0.6 is 46.6 Å². The third-order valence-corrected chi connectivity index (χ3v) is 4.89. The van der Waals surface area contributed by atoms with Crippen LogP contribution in [0.1, 0.15) is 6.92 Å². The molecule has 3 rings (SSSR count). The van der Waals surface area contributed by atoms with E-state index in [4.69, 9.17) is 34.8 Å². The maximum absolute atomic E-state index is 13.5. The smallest absolute Gasteiger partial charge is 0.196 e. The Morgan fingerprint density at radius 2 is 1.83 bits per heavy atom. The van der Waals surface area contributed by atoms with E-state index in [1.807, 2.05) is 6.92 Å². The topological polar surface area (TPSA) is 30.7 Å². The van der Waals surface area contributed by atoms with Crippen LogP contribution in [0.15, 0.2) is 41.6 Å². The van der Waals surface area contributed by atoms with Gasteiger partial charge in [0.15, 0.2) is 11.0 Å². The Morgan fingerprint density at radius 3 is 2.50 bits per heavy atom. The van der Waals surface area contributed by atoms with Crippen molar-refractivity contribution in [1.29, 1.82) is 0 Å². The van der Waals surface area contributed by atoms with Gasteiger partial charge in [-0.2, -0.15) is 0 Å². The fraction of sp³-hybridized carbons (Fsp3) is 0.125. The Morgan fingerprint density at radius 1 is 1.04 bits per heavy atom. The lowest BCUT2D eigenvalue weighted by Gasteiger charge is -2.11. The molecule has 0 aliphatic carbocycles. The van der Waals surface area contributed by atoms with Gasteiger partial charge in [0, 0.05) is 10.6 Å². The second-order valence-corrected chi connectivity index (χ2v) is 7.28. The van der Waals surface area contributed by atoms with Crippen LogP contribution < -0.4 is 0 Å². The Kier molecular flexibility index (Phi) is 5.35. The molecule has 1 aromatic heterocycles. The molecule has 0 fully saturated rings. The average molecular weight is 403 g/mol. The molecule has 124 valence electrons. The van der Waals surface area contributed by atoms with E-state index in [1.165, 1.54) is 23.9 Å². The summed E-state index contributed by atoms with van der Waals surface area (Å²) in [5.41, 5.74) is 1.33. The minimum atomic E-state index is -0.482. The van der Waals surface area contributed by atoms with E-state index in [0.29, 0.717) is 32.3 Å². The quantitative estimate of drug-likeness (QED) is 0.491. The van der Waals surface area contributed by atoms with Crippen LogP contribution in [-0.2, 0) is 0 Å². The van der Waals surface area contributed by atoms with Gasteiger partial charge < -0.3 is 0 Å². The number of nitrogens with zero attached hydrogens (tertiary/aromatic N) is 3. The van der Waals surface area contributed by atoms with E-state index in [1.54, 1.807) is 28.8 Å². The molecule has 0 aliphatic heterocycles. The lowest BCUT2D eigenvalue weighted by atomic mass is 10.2. The lowest BCUT2D eigenvalue weighted by molar-refractivity contribution is 0.627. The van der Waals surface area contributed by atoms with Crippen molar-refractivity contribution in [2.45, 2.75) is 12.1 Å². The minimum Gasteiger partial charge on any atom is -0.270 e. The summed E-state index contributed by atoms with van der Waals surface area (Å²) in [6, 6.07) is 9.61. The van der Waals surface area contributed by atoms with Crippen molar-refractivity contribution < 1.29 is 4.39 Å². The fourth-order valence-corrected chi connectivity index (χ4v) is 3.54. The van der Waals surface area contributed by atoms with E-state index in [9.17, 15) is 4.39 Å². The molecule has 0 spiro atoms. The SMILES string of the molecule is CCSc1nnc(-c2ccc(Cl)cc2Cl)n1-c1ccc(F)c(Cl)c1. The molecule has 0 saturated heterocycles. The summed E-state index contributed by atoms with van der Waals surface area (Å²) in [6.45, 7) is 2.01. The Bertz CT molecular complexity index is 898. The minimum absolute atomic E-state index is 0.0294. The molecule has 0 unspecified atom stereocenters. The maximum Gasteiger partial charge on any atom is 0.196 e. The largest absolute Gasteiger partial charge is 0.270 e. The first kappa shape index (κ1) is 17.5. The number of hydrogen-bond donors (Lipinski definition) is 0. The first-order valence-electron chi connectivity index (χ1n) is 7.00. The Balaban J connectivity index is 2.22. The first-order chi connectivity index (χ1) is 11.5. The van der Waals surface area contributed by atoms with Crippen molar-refractivity contribution in [3.8, 4) is 17.1 Å². The van der Waals surface area contributed by atoms with Gasteiger partial charge in [-0.05, 0) is 42.2 Å². The van der Waals surface area contributed by atoms with E-state index < -0.39 is 5.82 Å². The fourth-order valence-electron chi connectivity index (χ4n) is 2.19. The van der Waals surface area contributed by atoms with Gasteiger partial charge in [-0.25, -0.2) is 4.39 Å². The number of aromatic nitrogens is 3. The van der Waals surface area contributed by atoms with Crippen LogP contribution in [0.2, 0.25) is 15.1 Å². The zero-order valence-electron chi connectivity index (χ0n) is 12.4. The molecule has 0 saturated carbocycles. The molecule has 3 aromatic rings. The highest BCUT2D eigenvalue weighted by molar-refractivity contribution is 7.99. The molecule has 0 amide bonds. The molecule has 24 heavy (non-hydrogen) atoms. The number of hydrogen-bond acceptors (Lipinski definition) is 3. The molecule has 0 radical (unpaired) electrons. The number of halogens is 4. The second kappa shape index (κ2) is 7.31. The molecule has 3 nitrogen and oxygen atoms in total. The van der Waals surface area contributed by atoms with Crippen LogP contribution in [0.4, 0.5) is 4.39 Å². The monoisotopic (exact) mass is 401 g/mol. The van der Waals surface area contributed by atoms with Gasteiger partial charge in [0.05, 0.1) is 15.7 Å². The average Bonchev–Trinajstić information content (AvgIpc) is 2.94. The summed E-state index contributed by atoms with van der Waals surface area (Å²) in [5, 5.41) is 10.2. The van der Waals surface area contributed by atoms with Gasteiger partial charge in [0.1, 0.15) is 5.82 Å². The third-order valence-electron chi connectivity index (χ3n) is 3.24. The van der Waals surface area contributed by atoms with Crippen molar-refractivity contribution >= 4 is 46.6 Å². The van der Waals surface area contributed by atoms with Gasteiger partial charge in [-0.3, -0.25) is 4.57 Å². The highest BCUT2D eigenvalue weighted by Gasteiger charge is 2.18. The Hall–Kier alpha value is -1.27. The first-order valence-corrected chi connectivity index (χ1v) is 9.12. The molecule has 0 aliphatic rings. The second-order valence-electron chi connectivity index (χ2n) is 4.80. The lowest BCUT2D eigenvalue weighted by Crippen LogP contribution is -2.00. The summed E-state index contributed by atoms with van der Waals surface area (Å²) >= 11 is 19.7. The maximum atomic E-state index is 13.5. The van der Waals surface area contributed by atoms with Crippen molar-refractivity contribution in [3.63, 3.8) is 0 Å². The van der Waals surface area contributed by atoms with Crippen molar-refractivity contribution in [3.05, 3.63) is 57.3 Å². The number of thioether (sulfide) groups is 1. The van der Waals surface area contributed by atoms with Crippen LogP contribution in [0.3, 0.4) is 0 Å². The number of benzene rings is 2. The Labute approximate surface area is 157 Å². The summed E-state index contributed by atoms with van der Waals surface area (Å²) < 4.78 is 15.3. The molecule has 0 atom stereocenters. The predicted octanol–water partition coefficient (Wildman–Crippen LogP) is 6.15. The predicted molar refractivity (Wildman–Crippen MR) is 98.2 cm³/mol. The van der Waals surface area contributed by atoms with Crippen LogP contribution in [-0.4, -0.2) is 20.5 Å². The highest BCUT2D eigenvalue weighted by Crippen LogP contribution is 2.34. The van der Waals surface area contributed by atoms with Gasteiger partial charge in [0.2, 0.25) is 0 Å². The summed E-state index contributed by atoms with van der Waals surface area (Å²) in [6.07, 6.45) is 0. The highest BCUT2D eigenvalue weighted by atomic mass is 35.5. The van der Waals surface area contributed by atoms with Crippen molar-refractivity contribution in [1.82, 2.24) is 14.8 Å². The van der Waals surface area contributed by atoms with Gasteiger partial charge >= 0.3 is 0 Å². The van der Waals surface area contributed by atoms with Crippen molar-refractivity contribution in [2.75, 3.05) is 5.75 Å². The molecule has 1 heterocycles. The van der Waals surface area contributed by atoms with E-state index in [-0.39, 0.29) is 5.02 Å². The third kappa shape index (κ3) is 3.40. The molecule has 0 bridgehead atoms. The normalized spacial score (nSPS) is 11.0. The van der Waals surface area contributed by atoms with E-state index in [0.717, 1.165) is 5.75 Å². The molecular formula is C16H11Cl3FN3S.